The zero-order chi connectivity index (χ0) is 22.1. The highest BCUT2D eigenvalue weighted by atomic mass is 32.2. The van der Waals surface area contributed by atoms with Crippen molar-refractivity contribution < 1.29 is 22.6 Å². The van der Waals surface area contributed by atoms with E-state index in [2.05, 4.69) is 14.8 Å². The van der Waals surface area contributed by atoms with Crippen LogP contribution in [0.5, 0.6) is 17.2 Å². The standard InChI is InChI=1S/C21H20N4O5S2/c1-28-16-4-2-14(3-5-16)20-23-21-25(24-20)15(13-31-21)8-9-22-32(26,27)17-6-7-18-19(12-17)30-11-10-29-18/h2-7,12-13,22H,8-11H2,1H3. The molecule has 0 aliphatic carbocycles. The highest BCUT2D eigenvalue weighted by molar-refractivity contribution is 7.89. The third-order valence-electron chi connectivity index (χ3n) is 5.00. The number of hydrogen-bond acceptors (Lipinski definition) is 8. The Hall–Kier alpha value is -3.15. The zero-order valence-electron chi connectivity index (χ0n) is 17.1. The average molecular weight is 473 g/mol. The van der Waals surface area contributed by atoms with Gasteiger partial charge in [0.25, 0.3) is 0 Å². The molecule has 2 aromatic heterocycles. The number of fused-ring (bicyclic) bond motifs is 2. The smallest absolute Gasteiger partial charge is 0.240 e. The predicted octanol–water partition coefficient (Wildman–Crippen LogP) is 2.76. The highest BCUT2D eigenvalue weighted by Gasteiger charge is 2.19. The van der Waals surface area contributed by atoms with Crippen molar-refractivity contribution in [2.75, 3.05) is 26.9 Å². The van der Waals surface area contributed by atoms with Crippen LogP contribution in [0.2, 0.25) is 0 Å². The molecule has 3 heterocycles. The molecule has 9 nitrogen and oxygen atoms in total. The third kappa shape index (κ3) is 4.01. The number of rotatable bonds is 7. The Morgan fingerprint density at radius 3 is 2.69 bits per heavy atom. The normalized spacial score (nSPS) is 13.4. The first-order valence-electron chi connectivity index (χ1n) is 9.90. The van der Waals surface area contributed by atoms with Gasteiger partial charge in [-0.1, -0.05) is 0 Å². The van der Waals surface area contributed by atoms with Gasteiger partial charge >= 0.3 is 0 Å². The van der Waals surface area contributed by atoms with E-state index in [1.807, 2.05) is 29.6 Å². The fraction of sp³-hybridized carbons (Fsp3) is 0.238. The summed E-state index contributed by atoms with van der Waals surface area (Å²) in [7, 11) is -2.06. The molecule has 2 aromatic carbocycles. The van der Waals surface area contributed by atoms with Crippen LogP contribution >= 0.6 is 11.3 Å². The van der Waals surface area contributed by atoms with Crippen molar-refractivity contribution in [2.45, 2.75) is 11.3 Å². The molecular weight excluding hydrogens is 452 g/mol. The van der Waals surface area contributed by atoms with Gasteiger partial charge < -0.3 is 14.2 Å². The Bertz CT molecular complexity index is 1360. The van der Waals surface area contributed by atoms with Gasteiger partial charge in [0.05, 0.1) is 17.7 Å². The van der Waals surface area contributed by atoms with Gasteiger partial charge in [-0.05, 0) is 36.4 Å². The van der Waals surface area contributed by atoms with E-state index in [0.29, 0.717) is 37.0 Å². The lowest BCUT2D eigenvalue weighted by molar-refractivity contribution is 0.171. The van der Waals surface area contributed by atoms with E-state index in [9.17, 15) is 8.42 Å². The number of nitrogens with one attached hydrogen (secondary N) is 1. The monoisotopic (exact) mass is 472 g/mol. The summed E-state index contributed by atoms with van der Waals surface area (Å²) in [4.78, 5) is 5.46. The van der Waals surface area contributed by atoms with Gasteiger partial charge in [-0.3, -0.25) is 0 Å². The van der Waals surface area contributed by atoms with Gasteiger partial charge in [0, 0.05) is 30.0 Å². The molecule has 0 bridgehead atoms. The predicted molar refractivity (Wildman–Crippen MR) is 119 cm³/mol. The molecule has 1 aliphatic rings. The number of ether oxygens (including phenoxy) is 3. The first kappa shape index (κ1) is 20.7. The molecule has 32 heavy (non-hydrogen) atoms. The number of sulfonamides is 1. The molecule has 4 aromatic rings. The third-order valence-corrected chi connectivity index (χ3v) is 7.32. The Morgan fingerprint density at radius 1 is 1.12 bits per heavy atom. The van der Waals surface area contributed by atoms with Crippen molar-refractivity contribution >= 4 is 26.3 Å². The van der Waals surface area contributed by atoms with Gasteiger partial charge in [-0.2, -0.15) is 4.98 Å². The molecule has 1 N–H and O–H groups in total. The Labute approximate surface area is 188 Å². The zero-order valence-corrected chi connectivity index (χ0v) is 18.8. The second kappa shape index (κ2) is 8.41. The molecule has 1 aliphatic heterocycles. The number of methoxy groups -OCH3 is 1. The van der Waals surface area contributed by atoms with Gasteiger partial charge in [0.15, 0.2) is 17.3 Å². The molecule has 0 amide bonds. The van der Waals surface area contributed by atoms with Gasteiger partial charge in [-0.15, -0.1) is 16.4 Å². The highest BCUT2D eigenvalue weighted by Crippen LogP contribution is 2.32. The summed E-state index contributed by atoms with van der Waals surface area (Å²) in [5, 5.41) is 6.52. The lowest BCUT2D eigenvalue weighted by atomic mass is 10.2. The van der Waals surface area contributed by atoms with Crippen molar-refractivity contribution in [3.8, 4) is 28.6 Å². The molecule has 0 saturated carbocycles. The van der Waals surface area contributed by atoms with Crippen LogP contribution in [0, 0.1) is 0 Å². The second-order valence-corrected chi connectivity index (χ2v) is 9.64. The molecule has 0 atom stereocenters. The quantitative estimate of drug-likeness (QED) is 0.441. The number of thiazole rings is 1. The molecule has 0 radical (unpaired) electrons. The van der Waals surface area contributed by atoms with Gasteiger partial charge in [-0.25, -0.2) is 17.7 Å². The topological polar surface area (TPSA) is 104 Å². The van der Waals surface area contributed by atoms with Gasteiger partial charge in [0.2, 0.25) is 15.0 Å². The van der Waals surface area contributed by atoms with E-state index in [0.717, 1.165) is 22.0 Å². The lowest BCUT2D eigenvalue weighted by Crippen LogP contribution is -2.26. The van der Waals surface area contributed by atoms with Crippen LogP contribution in [0.25, 0.3) is 16.3 Å². The summed E-state index contributed by atoms with van der Waals surface area (Å²) < 4.78 is 45.9. The van der Waals surface area contributed by atoms with E-state index in [1.54, 1.807) is 17.7 Å². The summed E-state index contributed by atoms with van der Waals surface area (Å²) in [6.07, 6.45) is 0.467. The second-order valence-electron chi connectivity index (χ2n) is 7.04. The van der Waals surface area contributed by atoms with Crippen LogP contribution in [-0.4, -0.2) is 49.9 Å². The van der Waals surface area contributed by atoms with Crippen LogP contribution in [0.4, 0.5) is 0 Å². The number of aromatic nitrogens is 3. The van der Waals surface area contributed by atoms with Crippen LogP contribution in [0.1, 0.15) is 5.69 Å². The minimum Gasteiger partial charge on any atom is -0.497 e. The number of benzene rings is 2. The van der Waals surface area contributed by atoms with Crippen LogP contribution < -0.4 is 18.9 Å². The summed E-state index contributed by atoms with van der Waals surface area (Å²) in [6, 6.07) is 12.1. The molecule has 0 unspecified atom stereocenters. The first-order chi connectivity index (χ1) is 15.5. The summed E-state index contributed by atoms with van der Waals surface area (Å²) in [5.74, 6) is 2.36. The van der Waals surface area contributed by atoms with Crippen molar-refractivity contribution in [3.05, 3.63) is 53.5 Å². The molecule has 11 heteroatoms. The summed E-state index contributed by atoms with van der Waals surface area (Å²) in [5.41, 5.74) is 1.76. The van der Waals surface area contributed by atoms with Crippen molar-refractivity contribution in [1.82, 2.24) is 19.3 Å². The molecule has 5 rings (SSSR count). The molecule has 0 fully saturated rings. The minimum absolute atomic E-state index is 0.139. The SMILES string of the molecule is COc1ccc(-c2nc3scc(CCNS(=O)(=O)c4ccc5c(c4)OCCO5)n3n2)cc1. The van der Waals surface area contributed by atoms with E-state index in [-0.39, 0.29) is 11.4 Å². The molecule has 0 saturated heterocycles. The maximum absolute atomic E-state index is 12.7. The van der Waals surface area contributed by atoms with Gasteiger partial charge in [0.1, 0.15) is 19.0 Å². The Kier molecular flexibility index (Phi) is 5.45. The van der Waals surface area contributed by atoms with E-state index in [1.165, 1.54) is 23.5 Å². The maximum atomic E-state index is 12.7. The number of hydrogen-bond donors (Lipinski definition) is 1. The largest absolute Gasteiger partial charge is 0.497 e. The van der Waals surface area contributed by atoms with E-state index in [4.69, 9.17) is 14.2 Å². The lowest BCUT2D eigenvalue weighted by Gasteiger charge is -2.18. The summed E-state index contributed by atoms with van der Waals surface area (Å²) in [6.45, 7) is 1.07. The average Bonchev–Trinajstić information content (AvgIpc) is 3.40. The van der Waals surface area contributed by atoms with Crippen LogP contribution in [-0.2, 0) is 16.4 Å². The maximum Gasteiger partial charge on any atom is 0.240 e. The molecular formula is C21H20N4O5S2. The summed E-state index contributed by atoms with van der Waals surface area (Å²) >= 11 is 1.46. The van der Waals surface area contributed by atoms with Crippen molar-refractivity contribution in [2.24, 2.45) is 0 Å². The van der Waals surface area contributed by atoms with E-state index >= 15 is 0 Å². The van der Waals surface area contributed by atoms with Crippen molar-refractivity contribution in [3.63, 3.8) is 0 Å². The minimum atomic E-state index is -3.68. The van der Waals surface area contributed by atoms with E-state index < -0.39 is 10.0 Å². The van der Waals surface area contributed by atoms with Crippen molar-refractivity contribution in [1.29, 1.82) is 0 Å². The fourth-order valence-electron chi connectivity index (χ4n) is 3.35. The first-order valence-corrected chi connectivity index (χ1v) is 12.3. The Morgan fingerprint density at radius 2 is 1.91 bits per heavy atom. The van der Waals surface area contributed by atoms with Crippen LogP contribution in [0.3, 0.4) is 0 Å². The fourth-order valence-corrected chi connectivity index (χ4v) is 5.25. The molecule has 0 spiro atoms. The Balaban J connectivity index is 1.28. The number of nitrogens with zero attached hydrogens (tertiary/aromatic N) is 3. The molecule has 166 valence electrons. The van der Waals surface area contributed by atoms with Crippen LogP contribution in [0.15, 0.2) is 52.7 Å².